The molecule has 0 aromatic heterocycles. The van der Waals surface area contributed by atoms with Crippen molar-refractivity contribution in [3.8, 4) is 5.75 Å². The van der Waals surface area contributed by atoms with Gasteiger partial charge in [0, 0.05) is 30.9 Å². The molecular weight excluding hydrogens is 382 g/mol. The molecule has 0 amide bonds. The van der Waals surface area contributed by atoms with Gasteiger partial charge in [-0.2, -0.15) is 0 Å². The zero-order valence-electron chi connectivity index (χ0n) is 16.5. The lowest BCUT2D eigenvalue weighted by molar-refractivity contribution is 0.371. The summed E-state index contributed by atoms with van der Waals surface area (Å²) in [4.78, 5) is 7.18. The van der Waals surface area contributed by atoms with Crippen LogP contribution in [-0.2, 0) is 19.5 Å². The second-order valence-electron chi connectivity index (χ2n) is 6.89. The van der Waals surface area contributed by atoms with Gasteiger partial charge in [-0.15, -0.1) is 12.4 Å². The number of rotatable bonds is 6. The molecule has 0 saturated carbocycles. The number of anilines is 1. The van der Waals surface area contributed by atoms with Crippen LogP contribution in [0.4, 0.5) is 5.69 Å². The maximum atomic E-state index is 5.54. The van der Waals surface area contributed by atoms with E-state index in [4.69, 9.17) is 9.73 Å². The van der Waals surface area contributed by atoms with Crippen molar-refractivity contribution in [3.63, 3.8) is 0 Å². The quantitative estimate of drug-likeness (QED) is 0.614. The zero-order chi connectivity index (χ0) is 19.2. The number of fused-ring (bicyclic) bond motifs is 1. The summed E-state index contributed by atoms with van der Waals surface area (Å²) in [5.74, 6) is 1.82. The molecule has 0 aliphatic carbocycles. The van der Waals surface area contributed by atoms with Crippen LogP contribution in [0.2, 0.25) is 0 Å². The van der Waals surface area contributed by atoms with Crippen molar-refractivity contribution in [1.29, 1.82) is 0 Å². The zero-order valence-corrected chi connectivity index (χ0v) is 17.4. The first-order valence-electron chi connectivity index (χ1n) is 9.63. The van der Waals surface area contributed by atoms with E-state index in [0.29, 0.717) is 0 Å². The molecule has 1 aliphatic rings. The summed E-state index contributed by atoms with van der Waals surface area (Å²) < 4.78 is 5.54. The first kappa shape index (κ1) is 20.7. The minimum absolute atomic E-state index is 0. The highest BCUT2D eigenvalue weighted by molar-refractivity contribution is 5.96. The van der Waals surface area contributed by atoms with E-state index >= 15 is 0 Å². The Bertz CT molecular complexity index is 959. The molecule has 3 aromatic carbocycles. The average Bonchev–Trinajstić information content (AvgIpc) is 2.75. The molecule has 0 bridgehead atoms. The van der Waals surface area contributed by atoms with Gasteiger partial charge in [0.25, 0.3) is 0 Å². The Balaban J connectivity index is 0.00000240. The maximum absolute atomic E-state index is 5.54. The number of aliphatic imine (C=N–C) groups is 1. The third-order valence-electron chi connectivity index (χ3n) is 4.98. The van der Waals surface area contributed by atoms with Gasteiger partial charge in [0.2, 0.25) is 0 Å². The third-order valence-corrected chi connectivity index (χ3v) is 4.98. The van der Waals surface area contributed by atoms with Gasteiger partial charge in [0.1, 0.15) is 5.75 Å². The van der Waals surface area contributed by atoms with E-state index < -0.39 is 0 Å². The third kappa shape index (κ3) is 5.09. The highest BCUT2D eigenvalue weighted by Crippen LogP contribution is 2.26. The smallest absolute Gasteiger partial charge is 0.199 e. The van der Waals surface area contributed by atoms with Crippen LogP contribution in [0.1, 0.15) is 16.7 Å². The molecular formula is C24H26ClN3O. The number of halogens is 1. The van der Waals surface area contributed by atoms with Crippen molar-refractivity contribution in [1.82, 2.24) is 4.90 Å². The lowest BCUT2D eigenvalue weighted by Gasteiger charge is -2.33. The van der Waals surface area contributed by atoms with E-state index in [2.05, 4.69) is 70.9 Å². The summed E-state index contributed by atoms with van der Waals surface area (Å²) in [6, 6.07) is 27.1. The number of ether oxygens (including phenoxy) is 1. The molecule has 1 heterocycles. The van der Waals surface area contributed by atoms with Crippen LogP contribution in [0, 0.1) is 0 Å². The molecule has 29 heavy (non-hydrogen) atoms. The van der Waals surface area contributed by atoms with E-state index in [9.17, 15) is 0 Å². The van der Waals surface area contributed by atoms with Crippen LogP contribution in [-0.4, -0.2) is 24.5 Å². The Labute approximate surface area is 178 Å². The van der Waals surface area contributed by atoms with Gasteiger partial charge in [-0.1, -0.05) is 66.7 Å². The van der Waals surface area contributed by atoms with E-state index in [0.717, 1.165) is 49.0 Å². The standard InChI is InChI=1S/C24H25N3O.ClH/c1-28-23-14-8-6-12-21(23)18-27-17-20-11-5-7-13-22(20)26-24(27)25-16-15-19-9-3-2-4-10-19;/h2-14H,15-18H2,1H3,(H,25,26);1H. The van der Waals surface area contributed by atoms with Crippen LogP contribution in [0.25, 0.3) is 0 Å². The van der Waals surface area contributed by atoms with Gasteiger partial charge in [0.05, 0.1) is 7.11 Å². The molecule has 0 fully saturated rings. The van der Waals surface area contributed by atoms with Gasteiger partial charge in [0.15, 0.2) is 5.96 Å². The summed E-state index contributed by atoms with van der Waals surface area (Å²) in [6.45, 7) is 2.32. The normalized spacial score (nSPS) is 14.0. The average molecular weight is 408 g/mol. The second kappa shape index (κ2) is 9.99. The number of para-hydroxylation sites is 2. The molecule has 5 heteroatoms. The fourth-order valence-corrected chi connectivity index (χ4v) is 3.51. The number of methoxy groups -OCH3 is 1. The van der Waals surface area contributed by atoms with Crippen molar-refractivity contribution < 1.29 is 4.74 Å². The highest BCUT2D eigenvalue weighted by Gasteiger charge is 2.21. The van der Waals surface area contributed by atoms with Crippen LogP contribution in [0.5, 0.6) is 5.75 Å². The Morgan fingerprint density at radius 2 is 1.66 bits per heavy atom. The first-order chi connectivity index (χ1) is 13.8. The topological polar surface area (TPSA) is 36.9 Å². The predicted octanol–water partition coefficient (Wildman–Crippen LogP) is 5.14. The molecule has 0 unspecified atom stereocenters. The lowest BCUT2D eigenvalue weighted by atomic mass is 10.1. The number of benzene rings is 3. The molecule has 4 rings (SSSR count). The number of hydrogen-bond acceptors (Lipinski definition) is 2. The maximum Gasteiger partial charge on any atom is 0.199 e. The highest BCUT2D eigenvalue weighted by atomic mass is 35.5. The molecule has 0 atom stereocenters. The summed E-state index contributed by atoms with van der Waals surface area (Å²) in [6.07, 6.45) is 0.927. The van der Waals surface area contributed by atoms with E-state index in [1.54, 1.807) is 7.11 Å². The Morgan fingerprint density at radius 1 is 0.931 bits per heavy atom. The summed E-state index contributed by atoms with van der Waals surface area (Å²) in [5, 5.41) is 3.53. The van der Waals surface area contributed by atoms with Crippen LogP contribution in [0.15, 0.2) is 83.9 Å². The molecule has 0 radical (unpaired) electrons. The van der Waals surface area contributed by atoms with Crippen molar-refractivity contribution in [2.75, 3.05) is 19.0 Å². The van der Waals surface area contributed by atoms with Crippen molar-refractivity contribution in [3.05, 3.63) is 95.6 Å². The van der Waals surface area contributed by atoms with Gasteiger partial charge in [-0.25, -0.2) is 0 Å². The molecule has 0 saturated heterocycles. The van der Waals surface area contributed by atoms with Crippen molar-refractivity contribution in [2.24, 2.45) is 4.99 Å². The number of nitrogens with one attached hydrogen (secondary N) is 1. The fourth-order valence-electron chi connectivity index (χ4n) is 3.51. The molecule has 0 spiro atoms. The van der Waals surface area contributed by atoms with Crippen molar-refractivity contribution in [2.45, 2.75) is 19.5 Å². The van der Waals surface area contributed by atoms with Crippen LogP contribution in [0.3, 0.4) is 0 Å². The van der Waals surface area contributed by atoms with Gasteiger partial charge in [-0.3, -0.25) is 4.99 Å². The Morgan fingerprint density at radius 3 is 2.48 bits per heavy atom. The minimum atomic E-state index is 0. The minimum Gasteiger partial charge on any atom is -0.496 e. The van der Waals surface area contributed by atoms with Gasteiger partial charge < -0.3 is 15.0 Å². The van der Waals surface area contributed by atoms with Crippen LogP contribution >= 0.6 is 12.4 Å². The SMILES string of the molecule is COc1ccccc1CN1Cc2ccccc2NC1=NCCc1ccccc1.Cl. The Hall–Kier alpha value is -2.98. The number of hydrogen-bond donors (Lipinski definition) is 1. The van der Waals surface area contributed by atoms with Gasteiger partial charge in [-0.05, 0) is 29.7 Å². The summed E-state index contributed by atoms with van der Waals surface area (Å²) in [5.41, 5.74) is 4.87. The molecule has 1 aliphatic heterocycles. The molecule has 150 valence electrons. The first-order valence-corrected chi connectivity index (χ1v) is 9.63. The predicted molar refractivity (Wildman–Crippen MR) is 122 cm³/mol. The largest absolute Gasteiger partial charge is 0.496 e. The lowest BCUT2D eigenvalue weighted by Crippen LogP contribution is -2.39. The van der Waals surface area contributed by atoms with E-state index in [1.165, 1.54) is 11.1 Å². The molecule has 1 N–H and O–H groups in total. The fraction of sp³-hybridized carbons (Fsp3) is 0.208. The van der Waals surface area contributed by atoms with E-state index in [1.807, 2.05) is 18.2 Å². The second-order valence-corrected chi connectivity index (χ2v) is 6.89. The molecule has 4 nitrogen and oxygen atoms in total. The van der Waals surface area contributed by atoms with Crippen molar-refractivity contribution >= 4 is 24.1 Å². The summed E-state index contributed by atoms with van der Waals surface area (Å²) in [7, 11) is 1.72. The van der Waals surface area contributed by atoms with Crippen LogP contribution < -0.4 is 10.1 Å². The summed E-state index contributed by atoms with van der Waals surface area (Å²) >= 11 is 0. The number of nitrogens with zero attached hydrogens (tertiary/aromatic N) is 2. The number of guanidine groups is 1. The van der Waals surface area contributed by atoms with Gasteiger partial charge >= 0.3 is 0 Å². The molecule has 3 aromatic rings. The van der Waals surface area contributed by atoms with E-state index in [-0.39, 0.29) is 12.4 Å². The monoisotopic (exact) mass is 407 g/mol. The Kier molecular flexibility index (Phi) is 7.14.